The quantitative estimate of drug-likeness (QED) is 0.576. The van der Waals surface area contributed by atoms with E-state index in [4.69, 9.17) is 13.9 Å². The molecule has 1 aromatic heterocycles. The van der Waals surface area contributed by atoms with E-state index in [0.29, 0.717) is 11.3 Å². The molecule has 2 aromatic carbocycles. The second kappa shape index (κ2) is 8.81. The smallest absolute Gasteiger partial charge is 0.316 e. The molecule has 1 aliphatic rings. The molecule has 8 nitrogen and oxygen atoms in total. The summed E-state index contributed by atoms with van der Waals surface area (Å²) in [6.45, 7) is 3.91. The molecule has 1 amide bonds. The number of nitrogens with one attached hydrogen (secondary N) is 2. The Kier molecular flexibility index (Phi) is 5.93. The molecule has 0 bridgehead atoms. The number of anilines is 1. The highest BCUT2D eigenvalue weighted by molar-refractivity contribution is 5.88. The molecule has 168 valence electrons. The van der Waals surface area contributed by atoms with Crippen molar-refractivity contribution >= 4 is 11.9 Å². The molecule has 0 aliphatic carbocycles. The van der Waals surface area contributed by atoms with Gasteiger partial charge in [0.05, 0.1) is 13.2 Å². The van der Waals surface area contributed by atoms with Gasteiger partial charge in [-0.25, -0.2) is 8.78 Å². The highest BCUT2D eigenvalue weighted by Gasteiger charge is 2.40. The van der Waals surface area contributed by atoms with Gasteiger partial charge >= 0.3 is 6.01 Å². The first-order valence-electron chi connectivity index (χ1n) is 10.0. The van der Waals surface area contributed by atoms with E-state index >= 15 is 0 Å². The Labute approximate surface area is 182 Å². The van der Waals surface area contributed by atoms with Crippen molar-refractivity contribution in [1.82, 2.24) is 15.5 Å². The molecule has 3 aromatic rings. The van der Waals surface area contributed by atoms with E-state index in [0.717, 1.165) is 12.1 Å². The summed E-state index contributed by atoms with van der Waals surface area (Å²) in [5, 5.41) is 13.3. The zero-order valence-electron chi connectivity index (χ0n) is 17.7. The van der Waals surface area contributed by atoms with Gasteiger partial charge in [0.15, 0.2) is 0 Å². The van der Waals surface area contributed by atoms with Crippen molar-refractivity contribution in [3.8, 4) is 23.0 Å². The second-order valence-corrected chi connectivity index (χ2v) is 7.58. The SMILES string of the molecule is COc1cc(F)c(C2CNC(=O)C2Nc2nnc(-c3ccc(OC(C)C)cc3)o2)c(F)c1. The van der Waals surface area contributed by atoms with E-state index < -0.39 is 29.5 Å². The van der Waals surface area contributed by atoms with Crippen LogP contribution in [0.25, 0.3) is 11.5 Å². The third-order valence-corrected chi connectivity index (χ3v) is 5.02. The normalized spacial score (nSPS) is 18.0. The number of methoxy groups -OCH3 is 1. The number of carbonyl (C=O) groups excluding carboxylic acids is 1. The summed E-state index contributed by atoms with van der Waals surface area (Å²) in [5.41, 5.74) is 0.434. The maximum absolute atomic E-state index is 14.6. The minimum atomic E-state index is -0.998. The van der Waals surface area contributed by atoms with Gasteiger partial charge in [0, 0.05) is 35.7 Å². The number of benzene rings is 2. The third-order valence-electron chi connectivity index (χ3n) is 5.02. The number of aromatic nitrogens is 2. The summed E-state index contributed by atoms with van der Waals surface area (Å²) >= 11 is 0. The van der Waals surface area contributed by atoms with Crippen LogP contribution in [0.4, 0.5) is 14.8 Å². The molecule has 4 rings (SSSR count). The van der Waals surface area contributed by atoms with Crippen LogP contribution in [0.2, 0.25) is 0 Å². The average Bonchev–Trinajstić information content (AvgIpc) is 3.36. The van der Waals surface area contributed by atoms with Gasteiger partial charge in [0.1, 0.15) is 29.2 Å². The van der Waals surface area contributed by atoms with Crippen LogP contribution in [-0.4, -0.2) is 41.9 Å². The van der Waals surface area contributed by atoms with Gasteiger partial charge in [-0.2, -0.15) is 0 Å². The highest BCUT2D eigenvalue weighted by Crippen LogP contribution is 2.33. The number of amides is 1. The van der Waals surface area contributed by atoms with Gasteiger partial charge in [-0.15, -0.1) is 5.10 Å². The lowest BCUT2D eigenvalue weighted by molar-refractivity contribution is -0.119. The first-order valence-corrected chi connectivity index (χ1v) is 10.0. The maximum Gasteiger partial charge on any atom is 0.316 e. The summed E-state index contributed by atoms with van der Waals surface area (Å²) in [6, 6.07) is 8.21. The maximum atomic E-state index is 14.6. The molecule has 2 unspecified atom stereocenters. The van der Waals surface area contributed by atoms with Gasteiger partial charge in [-0.1, -0.05) is 5.10 Å². The molecule has 0 radical (unpaired) electrons. The number of nitrogens with zero attached hydrogens (tertiary/aromatic N) is 2. The fraction of sp³-hybridized carbons (Fsp3) is 0.318. The molecule has 2 heterocycles. The number of ether oxygens (including phenoxy) is 2. The highest BCUT2D eigenvalue weighted by atomic mass is 19.1. The summed E-state index contributed by atoms with van der Waals surface area (Å²) in [7, 11) is 1.32. The third kappa shape index (κ3) is 4.34. The van der Waals surface area contributed by atoms with Crippen LogP contribution in [0.5, 0.6) is 11.5 Å². The van der Waals surface area contributed by atoms with Crippen molar-refractivity contribution in [3.05, 3.63) is 53.6 Å². The number of hydrogen-bond acceptors (Lipinski definition) is 7. The first-order chi connectivity index (χ1) is 15.4. The molecule has 1 saturated heterocycles. The van der Waals surface area contributed by atoms with Crippen LogP contribution < -0.4 is 20.1 Å². The lowest BCUT2D eigenvalue weighted by atomic mass is 9.93. The summed E-state index contributed by atoms with van der Waals surface area (Å²) in [6.07, 6.45) is 0.0472. The topological polar surface area (TPSA) is 98.5 Å². The van der Waals surface area contributed by atoms with Crippen molar-refractivity contribution in [2.75, 3.05) is 19.0 Å². The van der Waals surface area contributed by atoms with Gasteiger partial charge in [0.25, 0.3) is 0 Å². The van der Waals surface area contributed by atoms with Crippen LogP contribution >= 0.6 is 0 Å². The molecular weight excluding hydrogens is 422 g/mol. The van der Waals surface area contributed by atoms with E-state index in [1.807, 2.05) is 13.8 Å². The van der Waals surface area contributed by atoms with Crippen molar-refractivity contribution in [2.24, 2.45) is 0 Å². The first kappa shape index (κ1) is 21.5. The van der Waals surface area contributed by atoms with E-state index in [9.17, 15) is 13.6 Å². The number of hydrogen-bond donors (Lipinski definition) is 2. The van der Waals surface area contributed by atoms with Gasteiger partial charge in [-0.3, -0.25) is 4.79 Å². The fourth-order valence-electron chi connectivity index (χ4n) is 3.57. The molecule has 0 saturated carbocycles. The van der Waals surface area contributed by atoms with Gasteiger partial charge in [0.2, 0.25) is 11.8 Å². The van der Waals surface area contributed by atoms with Crippen LogP contribution in [0.3, 0.4) is 0 Å². The zero-order valence-corrected chi connectivity index (χ0v) is 17.7. The van der Waals surface area contributed by atoms with E-state index in [-0.39, 0.29) is 35.9 Å². The second-order valence-electron chi connectivity index (χ2n) is 7.58. The van der Waals surface area contributed by atoms with Crippen molar-refractivity contribution in [2.45, 2.75) is 31.9 Å². The number of carbonyl (C=O) groups is 1. The zero-order chi connectivity index (χ0) is 22.8. The lowest BCUT2D eigenvalue weighted by Gasteiger charge is -2.19. The average molecular weight is 444 g/mol. The molecular formula is C22H22F2N4O4. The summed E-state index contributed by atoms with van der Waals surface area (Å²) in [4.78, 5) is 12.4. The molecule has 2 N–H and O–H groups in total. The molecule has 1 aliphatic heterocycles. The lowest BCUT2D eigenvalue weighted by Crippen LogP contribution is -2.33. The predicted octanol–water partition coefficient (Wildman–Crippen LogP) is 3.50. The molecule has 32 heavy (non-hydrogen) atoms. The molecule has 2 atom stereocenters. The molecule has 0 spiro atoms. The standard InChI is InChI=1S/C22H22F2N4O4/c1-11(2)31-13-6-4-12(5-7-13)21-27-28-22(32-21)26-19-15(10-25-20(19)29)18-16(23)8-14(30-3)9-17(18)24/h4-9,11,15,19H,10H2,1-3H3,(H,25,29)(H,26,28). The Morgan fingerprint density at radius 2 is 1.81 bits per heavy atom. The Morgan fingerprint density at radius 3 is 2.44 bits per heavy atom. The van der Waals surface area contributed by atoms with Gasteiger partial charge in [-0.05, 0) is 38.1 Å². The van der Waals surface area contributed by atoms with E-state index in [1.165, 1.54) is 7.11 Å². The Bertz CT molecular complexity index is 1090. The predicted molar refractivity (Wildman–Crippen MR) is 112 cm³/mol. The van der Waals surface area contributed by atoms with Crippen LogP contribution in [0.15, 0.2) is 40.8 Å². The van der Waals surface area contributed by atoms with Crippen LogP contribution in [0, 0.1) is 11.6 Å². The van der Waals surface area contributed by atoms with Crippen molar-refractivity contribution in [1.29, 1.82) is 0 Å². The fourth-order valence-corrected chi connectivity index (χ4v) is 3.57. The van der Waals surface area contributed by atoms with Crippen molar-refractivity contribution in [3.63, 3.8) is 0 Å². The van der Waals surface area contributed by atoms with Crippen LogP contribution in [0.1, 0.15) is 25.3 Å². The number of halogens is 2. The van der Waals surface area contributed by atoms with Crippen molar-refractivity contribution < 1.29 is 27.5 Å². The Balaban J connectivity index is 1.54. The molecule has 1 fully saturated rings. The summed E-state index contributed by atoms with van der Waals surface area (Å²) < 4.78 is 45.3. The number of rotatable bonds is 7. The van der Waals surface area contributed by atoms with Gasteiger partial charge < -0.3 is 24.5 Å². The van der Waals surface area contributed by atoms with Crippen LogP contribution in [-0.2, 0) is 4.79 Å². The van der Waals surface area contributed by atoms with E-state index in [2.05, 4.69) is 20.8 Å². The largest absolute Gasteiger partial charge is 0.497 e. The Morgan fingerprint density at radius 1 is 1.12 bits per heavy atom. The van der Waals surface area contributed by atoms with E-state index in [1.54, 1.807) is 24.3 Å². The monoisotopic (exact) mass is 444 g/mol. The Hall–Kier alpha value is -3.69. The minimum absolute atomic E-state index is 0.0381. The summed E-state index contributed by atoms with van der Waals surface area (Å²) in [5.74, 6) is -1.88. The molecule has 10 heteroatoms. The minimum Gasteiger partial charge on any atom is -0.497 e.